The van der Waals surface area contributed by atoms with Crippen molar-refractivity contribution in [1.82, 2.24) is 10.2 Å². The Kier molecular flexibility index (Phi) is 2.55. The summed E-state index contributed by atoms with van der Waals surface area (Å²) in [5.74, 6) is -0.875. The smallest absolute Gasteiger partial charge is 0.308 e. The van der Waals surface area contributed by atoms with Gasteiger partial charge in [0.15, 0.2) is 0 Å². The van der Waals surface area contributed by atoms with Crippen molar-refractivity contribution in [2.75, 3.05) is 0 Å². The molecule has 0 aliphatic carbocycles. The Balaban J connectivity index is 3.09. The first kappa shape index (κ1) is 9.57. The van der Waals surface area contributed by atoms with Crippen LogP contribution in [0.2, 0.25) is 0 Å². The second-order valence-electron chi connectivity index (χ2n) is 3.20. The maximum Gasteiger partial charge on any atom is 0.308 e. The molecule has 0 bridgehead atoms. The van der Waals surface area contributed by atoms with Crippen molar-refractivity contribution in [2.24, 2.45) is 0 Å². The minimum Gasteiger partial charge on any atom is -0.481 e. The van der Waals surface area contributed by atoms with Crippen molar-refractivity contribution in [3.05, 3.63) is 21.6 Å². The molecule has 1 heterocycles. The van der Waals surface area contributed by atoms with E-state index in [2.05, 4.69) is 10.2 Å². The fraction of sp³-hybridized carbons (Fsp3) is 0.500. The maximum absolute atomic E-state index is 11.1. The molecule has 0 saturated carbocycles. The highest BCUT2D eigenvalue weighted by Gasteiger charge is 2.15. The van der Waals surface area contributed by atoms with Gasteiger partial charge in [0.25, 0.3) is 5.56 Å². The molecular weight excluding hydrogens is 172 g/mol. The van der Waals surface area contributed by atoms with E-state index in [0.717, 1.165) is 0 Å². The summed E-state index contributed by atoms with van der Waals surface area (Å²) in [5, 5.41) is 13.6. The van der Waals surface area contributed by atoms with Gasteiger partial charge >= 0.3 is 5.97 Å². The predicted octanol–water partition coefficient (Wildman–Crippen LogP) is 0.453. The minimum atomic E-state index is -0.994. The molecule has 1 rings (SSSR count). The maximum atomic E-state index is 11.1. The number of carboxylic acids is 1. The van der Waals surface area contributed by atoms with Crippen LogP contribution in [-0.4, -0.2) is 21.3 Å². The molecule has 1 aromatic heterocycles. The Hall–Kier alpha value is -1.52. The molecule has 13 heavy (non-hydrogen) atoms. The van der Waals surface area contributed by atoms with Gasteiger partial charge in [0, 0.05) is 5.69 Å². The first-order valence-corrected chi connectivity index (χ1v) is 4.03. The highest BCUT2D eigenvalue weighted by Crippen LogP contribution is 2.13. The van der Waals surface area contributed by atoms with E-state index < -0.39 is 5.97 Å². The van der Waals surface area contributed by atoms with Crippen LogP contribution in [0.25, 0.3) is 0 Å². The van der Waals surface area contributed by atoms with Gasteiger partial charge in [-0.2, -0.15) is 0 Å². The Labute approximate surface area is 74.8 Å². The highest BCUT2D eigenvalue weighted by molar-refractivity contribution is 5.70. The summed E-state index contributed by atoms with van der Waals surface area (Å²) in [4.78, 5) is 21.6. The first-order valence-electron chi connectivity index (χ1n) is 4.03. The molecule has 0 saturated heterocycles. The van der Waals surface area contributed by atoms with Gasteiger partial charge in [-0.05, 0) is 5.92 Å². The zero-order chi connectivity index (χ0) is 10.0. The SMILES string of the molecule is CC(C)c1[nH][nH]c(=O)c1CC(=O)O. The number of carbonyl (C=O) groups is 1. The second-order valence-corrected chi connectivity index (χ2v) is 3.20. The van der Waals surface area contributed by atoms with E-state index in [0.29, 0.717) is 11.3 Å². The third-order valence-electron chi connectivity index (χ3n) is 1.82. The van der Waals surface area contributed by atoms with E-state index >= 15 is 0 Å². The number of carboxylic acid groups (broad SMARTS) is 1. The van der Waals surface area contributed by atoms with Crippen LogP contribution >= 0.6 is 0 Å². The standard InChI is InChI=1S/C8H12N2O3/c1-4(2)7-5(3-6(11)12)8(13)10-9-7/h4H,3H2,1-2H3,(H,11,12)(H2,9,10,13). The molecule has 3 N–H and O–H groups in total. The van der Waals surface area contributed by atoms with Crippen molar-refractivity contribution >= 4 is 5.97 Å². The first-order chi connectivity index (χ1) is 6.02. The van der Waals surface area contributed by atoms with Crippen molar-refractivity contribution in [3.63, 3.8) is 0 Å². The van der Waals surface area contributed by atoms with E-state index in [1.807, 2.05) is 13.8 Å². The number of H-pyrrole nitrogens is 2. The molecule has 0 aliphatic heterocycles. The number of hydrogen-bond acceptors (Lipinski definition) is 2. The molecule has 0 atom stereocenters. The summed E-state index contributed by atoms with van der Waals surface area (Å²) >= 11 is 0. The van der Waals surface area contributed by atoms with E-state index in [-0.39, 0.29) is 17.9 Å². The molecule has 0 fully saturated rings. The van der Waals surface area contributed by atoms with Crippen molar-refractivity contribution in [3.8, 4) is 0 Å². The van der Waals surface area contributed by atoms with E-state index in [1.54, 1.807) is 0 Å². The van der Waals surface area contributed by atoms with Crippen LogP contribution < -0.4 is 5.56 Å². The lowest BCUT2D eigenvalue weighted by Gasteiger charge is -2.02. The number of rotatable bonds is 3. The van der Waals surface area contributed by atoms with Crippen molar-refractivity contribution in [2.45, 2.75) is 26.2 Å². The third-order valence-corrected chi connectivity index (χ3v) is 1.82. The van der Waals surface area contributed by atoms with Crippen molar-refractivity contribution < 1.29 is 9.90 Å². The molecule has 1 aromatic rings. The topological polar surface area (TPSA) is 86.0 Å². The average molecular weight is 184 g/mol. The fourth-order valence-corrected chi connectivity index (χ4v) is 1.22. The number of aromatic amines is 2. The Morgan fingerprint density at radius 1 is 1.46 bits per heavy atom. The van der Waals surface area contributed by atoms with Gasteiger partial charge in [-0.25, -0.2) is 0 Å². The minimum absolute atomic E-state index is 0.119. The van der Waals surface area contributed by atoms with Crippen LogP contribution in [0.5, 0.6) is 0 Å². The zero-order valence-electron chi connectivity index (χ0n) is 7.55. The second kappa shape index (κ2) is 3.47. The molecule has 0 radical (unpaired) electrons. The molecule has 0 aromatic carbocycles. The zero-order valence-corrected chi connectivity index (χ0v) is 7.55. The highest BCUT2D eigenvalue weighted by atomic mass is 16.4. The average Bonchev–Trinajstić information content (AvgIpc) is 2.32. The largest absolute Gasteiger partial charge is 0.481 e. The molecule has 0 aliphatic rings. The van der Waals surface area contributed by atoms with Gasteiger partial charge in [0.05, 0.1) is 12.0 Å². The molecule has 0 amide bonds. The Morgan fingerprint density at radius 3 is 2.54 bits per heavy atom. The number of nitrogens with one attached hydrogen (secondary N) is 2. The van der Waals surface area contributed by atoms with Crippen LogP contribution in [0, 0.1) is 0 Å². The molecule has 72 valence electrons. The summed E-state index contributed by atoms with van der Waals surface area (Å²) in [5.41, 5.74) is 0.654. The molecule has 0 spiro atoms. The number of hydrogen-bond donors (Lipinski definition) is 3. The van der Waals surface area contributed by atoms with Gasteiger partial charge in [-0.3, -0.25) is 14.7 Å². The number of aromatic nitrogens is 2. The van der Waals surface area contributed by atoms with Crippen LogP contribution in [0.4, 0.5) is 0 Å². The van der Waals surface area contributed by atoms with Crippen LogP contribution in [0.3, 0.4) is 0 Å². The van der Waals surface area contributed by atoms with Gasteiger partial charge in [0.1, 0.15) is 0 Å². The summed E-state index contributed by atoms with van der Waals surface area (Å²) in [6.45, 7) is 3.79. The van der Waals surface area contributed by atoms with Gasteiger partial charge in [0.2, 0.25) is 0 Å². The lowest BCUT2D eigenvalue weighted by Crippen LogP contribution is -2.12. The predicted molar refractivity (Wildman–Crippen MR) is 46.8 cm³/mol. The summed E-state index contributed by atoms with van der Waals surface area (Å²) in [6, 6.07) is 0. The molecule has 0 unspecified atom stereocenters. The Morgan fingerprint density at radius 2 is 2.08 bits per heavy atom. The van der Waals surface area contributed by atoms with Crippen molar-refractivity contribution in [1.29, 1.82) is 0 Å². The fourth-order valence-electron chi connectivity index (χ4n) is 1.22. The summed E-state index contributed by atoms with van der Waals surface area (Å²) in [6.07, 6.45) is -0.230. The lowest BCUT2D eigenvalue weighted by molar-refractivity contribution is -0.136. The van der Waals surface area contributed by atoms with E-state index in [9.17, 15) is 9.59 Å². The molecule has 5 heteroatoms. The van der Waals surface area contributed by atoms with Crippen LogP contribution in [-0.2, 0) is 11.2 Å². The number of aliphatic carboxylic acids is 1. The van der Waals surface area contributed by atoms with Gasteiger partial charge in [-0.15, -0.1) is 0 Å². The molecule has 5 nitrogen and oxygen atoms in total. The Bertz CT molecular complexity index is 362. The van der Waals surface area contributed by atoms with E-state index in [1.165, 1.54) is 0 Å². The summed E-state index contributed by atoms with van der Waals surface area (Å²) < 4.78 is 0. The van der Waals surface area contributed by atoms with Gasteiger partial charge < -0.3 is 10.2 Å². The van der Waals surface area contributed by atoms with E-state index in [4.69, 9.17) is 5.11 Å². The van der Waals surface area contributed by atoms with Crippen LogP contribution in [0.1, 0.15) is 31.0 Å². The summed E-state index contributed by atoms with van der Waals surface area (Å²) in [7, 11) is 0. The quantitative estimate of drug-likeness (QED) is 0.637. The molecular formula is C8H12N2O3. The lowest BCUT2D eigenvalue weighted by atomic mass is 10.0. The van der Waals surface area contributed by atoms with Crippen LogP contribution in [0.15, 0.2) is 4.79 Å². The monoisotopic (exact) mass is 184 g/mol. The normalized spacial score (nSPS) is 10.7. The van der Waals surface area contributed by atoms with Gasteiger partial charge in [-0.1, -0.05) is 13.8 Å². The third kappa shape index (κ3) is 1.99.